The summed E-state index contributed by atoms with van der Waals surface area (Å²) in [5, 5.41) is 4.58. The van der Waals surface area contributed by atoms with Gasteiger partial charge in [0.25, 0.3) is 0 Å². The van der Waals surface area contributed by atoms with Crippen LogP contribution in [0.15, 0.2) is 54.0 Å². The zero-order valence-electron chi connectivity index (χ0n) is 14.5. The number of rotatable bonds is 5. The standard InChI is InChI=1S/C20H14ClF2N3OS/c21-15-9-12(5-7-17(15)23)24-19(27)8-6-13-11-28-20-25-18(10-26(13)20)14-3-1-2-4-16(14)22/h1-5,7,9-11H,6,8H2,(H,24,27). The Morgan fingerprint density at radius 3 is 2.79 bits per heavy atom. The summed E-state index contributed by atoms with van der Waals surface area (Å²) < 4.78 is 29.1. The quantitative estimate of drug-likeness (QED) is 0.461. The predicted molar refractivity (Wildman–Crippen MR) is 107 cm³/mol. The monoisotopic (exact) mass is 417 g/mol. The molecular weight excluding hydrogens is 404 g/mol. The molecule has 4 nitrogen and oxygen atoms in total. The maximum Gasteiger partial charge on any atom is 0.224 e. The normalized spacial score (nSPS) is 11.1. The summed E-state index contributed by atoms with van der Waals surface area (Å²) in [5.41, 5.74) is 2.34. The average Bonchev–Trinajstić information content (AvgIpc) is 3.24. The number of amides is 1. The molecule has 8 heteroatoms. The van der Waals surface area contributed by atoms with Crippen molar-refractivity contribution in [1.29, 1.82) is 0 Å². The molecule has 0 radical (unpaired) electrons. The van der Waals surface area contributed by atoms with Crippen LogP contribution in [0.3, 0.4) is 0 Å². The van der Waals surface area contributed by atoms with E-state index in [4.69, 9.17) is 11.6 Å². The van der Waals surface area contributed by atoms with Crippen LogP contribution < -0.4 is 5.32 Å². The second-order valence-electron chi connectivity index (χ2n) is 6.16. The first-order valence-corrected chi connectivity index (χ1v) is 9.72. The van der Waals surface area contributed by atoms with E-state index < -0.39 is 5.82 Å². The lowest BCUT2D eigenvalue weighted by Gasteiger charge is -2.06. The lowest BCUT2D eigenvalue weighted by Crippen LogP contribution is -2.12. The number of nitrogens with one attached hydrogen (secondary N) is 1. The highest BCUT2D eigenvalue weighted by molar-refractivity contribution is 7.15. The molecule has 0 bridgehead atoms. The molecule has 0 saturated carbocycles. The number of anilines is 1. The summed E-state index contributed by atoms with van der Waals surface area (Å²) in [7, 11) is 0. The lowest BCUT2D eigenvalue weighted by atomic mass is 10.1. The van der Waals surface area contributed by atoms with E-state index in [-0.39, 0.29) is 23.2 Å². The van der Waals surface area contributed by atoms with Gasteiger partial charge in [0.15, 0.2) is 4.96 Å². The third kappa shape index (κ3) is 3.76. The van der Waals surface area contributed by atoms with Gasteiger partial charge in [0.2, 0.25) is 5.91 Å². The SMILES string of the molecule is O=C(CCc1csc2nc(-c3ccccc3F)cn12)Nc1ccc(F)c(Cl)c1. The Labute approximate surface area is 168 Å². The molecule has 28 heavy (non-hydrogen) atoms. The molecule has 0 aliphatic heterocycles. The molecule has 4 rings (SSSR count). The molecule has 1 N–H and O–H groups in total. The van der Waals surface area contributed by atoms with Crippen LogP contribution in [0.4, 0.5) is 14.5 Å². The first kappa shape index (κ1) is 18.6. The molecule has 0 saturated heterocycles. The molecule has 142 valence electrons. The number of nitrogens with zero attached hydrogens (tertiary/aromatic N) is 2. The van der Waals surface area contributed by atoms with Gasteiger partial charge in [-0.05, 0) is 36.8 Å². The number of hydrogen-bond donors (Lipinski definition) is 1. The Morgan fingerprint density at radius 1 is 1.18 bits per heavy atom. The molecule has 0 aliphatic carbocycles. The molecule has 0 unspecified atom stereocenters. The Morgan fingerprint density at radius 2 is 2.00 bits per heavy atom. The first-order valence-electron chi connectivity index (χ1n) is 8.46. The fraction of sp³-hybridized carbons (Fsp3) is 0.100. The van der Waals surface area contributed by atoms with Gasteiger partial charge in [0.05, 0.1) is 10.7 Å². The average molecular weight is 418 g/mol. The second-order valence-corrected chi connectivity index (χ2v) is 7.41. The number of thiazole rings is 1. The van der Waals surface area contributed by atoms with Gasteiger partial charge in [-0.25, -0.2) is 13.8 Å². The van der Waals surface area contributed by atoms with Gasteiger partial charge < -0.3 is 5.32 Å². The zero-order valence-corrected chi connectivity index (χ0v) is 16.0. The highest BCUT2D eigenvalue weighted by Gasteiger charge is 2.13. The number of aryl methyl sites for hydroxylation is 1. The number of fused-ring (bicyclic) bond motifs is 1. The van der Waals surface area contributed by atoms with Gasteiger partial charge in [-0.2, -0.15) is 0 Å². The summed E-state index contributed by atoms with van der Waals surface area (Å²) in [4.78, 5) is 17.4. The largest absolute Gasteiger partial charge is 0.326 e. The van der Waals surface area contributed by atoms with E-state index >= 15 is 0 Å². The van der Waals surface area contributed by atoms with Crippen molar-refractivity contribution in [2.45, 2.75) is 12.8 Å². The number of halogens is 3. The molecule has 2 aromatic carbocycles. The molecule has 2 aromatic heterocycles. The van der Waals surface area contributed by atoms with Crippen molar-refractivity contribution in [3.8, 4) is 11.3 Å². The summed E-state index contributed by atoms with van der Waals surface area (Å²) >= 11 is 7.16. The molecule has 0 aliphatic rings. The van der Waals surface area contributed by atoms with Gasteiger partial charge in [-0.3, -0.25) is 9.20 Å². The van der Waals surface area contributed by atoms with Gasteiger partial charge in [0, 0.05) is 34.9 Å². The Hall–Kier alpha value is -2.77. The number of hydrogen-bond acceptors (Lipinski definition) is 3. The van der Waals surface area contributed by atoms with Crippen LogP contribution in [0.25, 0.3) is 16.2 Å². The van der Waals surface area contributed by atoms with E-state index in [9.17, 15) is 13.6 Å². The van der Waals surface area contributed by atoms with Gasteiger partial charge in [0.1, 0.15) is 11.6 Å². The minimum absolute atomic E-state index is 0.0450. The smallest absolute Gasteiger partial charge is 0.224 e. The Kier molecular flexibility index (Phi) is 5.11. The summed E-state index contributed by atoms with van der Waals surface area (Å²) in [6, 6.07) is 10.5. The zero-order chi connectivity index (χ0) is 19.7. The molecular formula is C20H14ClF2N3OS. The van der Waals surface area contributed by atoms with E-state index in [1.165, 1.54) is 35.6 Å². The Bertz CT molecular complexity index is 1170. The van der Waals surface area contributed by atoms with Crippen molar-refractivity contribution < 1.29 is 13.6 Å². The van der Waals surface area contributed by atoms with Crippen LogP contribution in [-0.4, -0.2) is 15.3 Å². The number of benzene rings is 2. The maximum absolute atomic E-state index is 14.0. The lowest BCUT2D eigenvalue weighted by molar-refractivity contribution is -0.116. The second kappa shape index (κ2) is 7.69. The van der Waals surface area contributed by atoms with Crippen LogP contribution in [0.5, 0.6) is 0 Å². The third-order valence-corrected chi connectivity index (χ3v) is 5.42. The van der Waals surface area contributed by atoms with Crippen molar-refractivity contribution >= 4 is 39.5 Å². The maximum atomic E-state index is 14.0. The molecule has 4 aromatic rings. The van der Waals surface area contributed by atoms with Gasteiger partial charge >= 0.3 is 0 Å². The molecule has 2 heterocycles. The molecule has 0 spiro atoms. The highest BCUT2D eigenvalue weighted by Crippen LogP contribution is 2.26. The minimum atomic E-state index is -0.536. The summed E-state index contributed by atoms with van der Waals surface area (Å²) in [6.45, 7) is 0. The topological polar surface area (TPSA) is 46.4 Å². The summed E-state index contributed by atoms with van der Waals surface area (Å²) in [6.07, 6.45) is 2.49. The van der Waals surface area contributed by atoms with E-state index in [1.807, 2.05) is 9.78 Å². The van der Waals surface area contributed by atoms with Crippen molar-refractivity contribution in [2.75, 3.05) is 5.32 Å². The van der Waals surface area contributed by atoms with Crippen molar-refractivity contribution in [3.63, 3.8) is 0 Å². The highest BCUT2D eigenvalue weighted by atomic mass is 35.5. The van der Waals surface area contributed by atoms with E-state index in [2.05, 4.69) is 10.3 Å². The number of imidazole rings is 1. The summed E-state index contributed by atoms with van der Waals surface area (Å²) in [5.74, 6) is -1.07. The fourth-order valence-electron chi connectivity index (χ4n) is 2.85. The van der Waals surface area contributed by atoms with Gasteiger partial charge in [-0.1, -0.05) is 23.7 Å². The van der Waals surface area contributed by atoms with E-state index in [1.54, 1.807) is 24.4 Å². The van der Waals surface area contributed by atoms with Crippen LogP contribution in [0.1, 0.15) is 12.1 Å². The number of carbonyl (C=O) groups is 1. The molecule has 1 amide bonds. The van der Waals surface area contributed by atoms with Crippen LogP contribution >= 0.6 is 22.9 Å². The fourth-order valence-corrected chi connectivity index (χ4v) is 3.93. The number of aromatic nitrogens is 2. The third-order valence-electron chi connectivity index (χ3n) is 4.24. The van der Waals surface area contributed by atoms with Crippen molar-refractivity contribution in [2.24, 2.45) is 0 Å². The van der Waals surface area contributed by atoms with Crippen LogP contribution in [0.2, 0.25) is 5.02 Å². The van der Waals surface area contributed by atoms with E-state index in [0.29, 0.717) is 23.4 Å². The van der Waals surface area contributed by atoms with Crippen molar-refractivity contribution in [3.05, 3.63) is 76.4 Å². The predicted octanol–water partition coefficient (Wildman–Crippen LogP) is 5.57. The van der Waals surface area contributed by atoms with E-state index in [0.717, 1.165) is 10.7 Å². The van der Waals surface area contributed by atoms with Crippen molar-refractivity contribution in [1.82, 2.24) is 9.38 Å². The van der Waals surface area contributed by atoms with Crippen LogP contribution in [0, 0.1) is 11.6 Å². The molecule has 0 fully saturated rings. The molecule has 0 atom stereocenters. The Balaban J connectivity index is 1.47. The van der Waals surface area contributed by atoms with Crippen LogP contribution in [-0.2, 0) is 11.2 Å². The first-order chi connectivity index (χ1) is 13.5. The minimum Gasteiger partial charge on any atom is -0.326 e. The number of carbonyl (C=O) groups excluding carboxylic acids is 1. The van der Waals surface area contributed by atoms with Gasteiger partial charge in [-0.15, -0.1) is 11.3 Å².